The van der Waals surface area contributed by atoms with E-state index in [9.17, 15) is 19.8 Å². The third-order valence-electron chi connectivity index (χ3n) is 3.27. The van der Waals surface area contributed by atoms with Gasteiger partial charge in [0.1, 0.15) is 12.1 Å². The lowest BCUT2D eigenvalue weighted by molar-refractivity contribution is -0.143. The summed E-state index contributed by atoms with van der Waals surface area (Å²) in [6.07, 6.45) is 4.14. The van der Waals surface area contributed by atoms with Gasteiger partial charge in [0.15, 0.2) is 0 Å². The molecule has 0 aliphatic carbocycles. The monoisotopic (exact) mass is 271 g/mol. The van der Waals surface area contributed by atoms with E-state index in [0.29, 0.717) is 13.1 Å². The Balaban J connectivity index is 2.66. The number of nitrogens with zero attached hydrogens (tertiary/aromatic N) is 1. The molecule has 7 heteroatoms. The normalized spacial score (nSPS) is 18.7. The molecule has 0 amide bonds. The van der Waals surface area contributed by atoms with Crippen LogP contribution in [0.3, 0.4) is 0 Å². The van der Waals surface area contributed by atoms with Crippen molar-refractivity contribution in [1.82, 2.24) is 15.5 Å². The van der Waals surface area contributed by atoms with Crippen molar-refractivity contribution < 1.29 is 19.8 Å². The van der Waals surface area contributed by atoms with Crippen molar-refractivity contribution in [2.45, 2.75) is 32.4 Å². The summed E-state index contributed by atoms with van der Waals surface area (Å²) < 4.78 is 0. The fraction of sp³-hybridized carbons (Fsp3) is 0.667. The molecule has 3 atom stereocenters. The van der Waals surface area contributed by atoms with E-state index in [1.54, 1.807) is 24.2 Å². The van der Waals surface area contributed by atoms with Gasteiger partial charge >= 0.3 is 11.9 Å². The van der Waals surface area contributed by atoms with Gasteiger partial charge in [-0.15, -0.1) is 0 Å². The first-order valence-electron chi connectivity index (χ1n) is 6.31. The highest BCUT2D eigenvalue weighted by Crippen LogP contribution is 2.10. The van der Waals surface area contributed by atoms with Gasteiger partial charge in [-0.1, -0.05) is 20.3 Å². The Morgan fingerprint density at radius 3 is 2.53 bits per heavy atom. The van der Waals surface area contributed by atoms with Crippen molar-refractivity contribution in [2.24, 2.45) is 5.92 Å². The van der Waals surface area contributed by atoms with Gasteiger partial charge in [-0.05, 0) is 5.92 Å². The lowest BCUT2D eigenvalue weighted by Crippen LogP contribution is -2.53. The van der Waals surface area contributed by atoms with E-state index >= 15 is 0 Å². The molecule has 1 aliphatic heterocycles. The molecule has 4 N–H and O–H groups in total. The molecule has 0 radical (unpaired) electrons. The second-order valence-electron chi connectivity index (χ2n) is 4.71. The predicted octanol–water partition coefficient (Wildman–Crippen LogP) is -0.138. The number of hydrogen-bond acceptors (Lipinski definition) is 5. The standard InChI is InChI=1S/C12H21N3O4/c1-3-8(2)10(12(18)19)14-9(11(16)17)6-15-5-4-13-7-15/h4-5,8-10,13-14H,3,6-7H2,1-2H3,(H,16,17)(H,18,19). The highest BCUT2D eigenvalue weighted by molar-refractivity contribution is 5.77. The quantitative estimate of drug-likeness (QED) is 0.487. The summed E-state index contributed by atoms with van der Waals surface area (Å²) in [6.45, 7) is 4.43. The summed E-state index contributed by atoms with van der Waals surface area (Å²) in [7, 11) is 0. The van der Waals surface area contributed by atoms with Gasteiger partial charge in [-0.2, -0.15) is 0 Å². The molecule has 0 aromatic rings. The maximum Gasteiger partial charge on any atom is 0.322 e. The van der Waals surface area contributed by atoms with Crippen molar-refractivity contribution >= 4 is 11.9 Å². The number of hydrogen-bond donors (Lipinski definition) is 4. The number of aliphatic carboxylic acids is 2. The molecule has 0 aromatic heterocycles. The van der Waals surface area contributed by atoms with E-state index in [-0.39, 0.29) is 12.5 Å². The SMILES string of the molecule is CCC(C)C(NC(CN1C=CNC1)C(=O)O)C(=O)O. The summed E-state index contributed by atoms with van der Waals surface area (Å²) in [4.78, 5) is 24.2. The Morgan fingerprint density at radius 2 is 2.11 bits per heavy atom. The molecule has 0 saturated carbocycles. The molecule has 1 heterocycles. The summed E-state index contributed by atoms with van der Waals surface area (Å²) in [5.74, 6) is -2.20. The average molecular weight is 271 g/mol. The van der Waals surface area contributed by atoms with Crippen molar-refractivity contribution in [1.29, 1.82) is 0 Å². The number of nitrogens with one attached hydrogen (secondary N) is 2. The minimum absolute atomic E-state index is 0.133. The topological polar surface area (TPSA) is 102 Å². The first-order chi connectivity index (χ1) is 8.95. The van der Waals surface area contributed by atoms with E-state index in [0.717, 1.165) is 0 Å². The Bertz CT molecular complexity index is 359. The highest BCUT2D eigenvalue weighted by Gasteiger charge is 2.30. The van der Waals surface area contributed by atoms with Crippen LogP contribution in [0.1, 0.15) is 20.3 Å². The maximum absolute atomic E-state index is 11.2. The predicted molar refractivity (Wildman–Crippen MR) is 69.3 cm³/mol. The third-order valence-corrected chi connectivity index (χ3v) is 3.27. The molecular weight excluding hydrogens is 250 g/mol. The van der Waals surface area contributed by atoms with Crippen LogP contribution in [-0.4, -0.2) is 52.3 Å². The van der Waals surface area contributed by atoms with E-state index in [4.69, 9.17) is 0 Å². The van der Waals surface area contributed by atoms with Gasteiger partial charge < -0.3 is 20.4 Å². The summed E-state index contributed by atoms with van der Waals surface area (Å²) in [5.41, 5.74) is 0. The molecule has 0 spiro atoms. The van der Waals surface area contributed by atoms with Crippen molar-refractivity contribution in [3.05, 3.63) is 12.4 Å². The van der Waals surface area contributed by atoms with Gasteiger partial charge in [-0.3, -0.25) is 14.9 Å². The van der Waals surface area contributed by atoms with Crippen molar-refractivity contribution in [2.75, 3.05) is 13.2 Å². The Morgan fingerprint density at radius 1 is 1.42 bits per heavy atom. The van der Waals surface area contributed by atoms with Crippen LogP contribution >= 0.6 is 0 Å². The van der Waals surface area contributed by atoms with E-state index in [1.165, 1.54) is 0 Å². The first-order valence-corrected chi connectivity index (χ1v) is 6.31. The van der Waals surface area contributed by atoms with E-state index in [1.807, 2.05) is 6.92 Å². The summed E-state index contributed by atoms with van der Waals surface area (Å²) in [6, 6.07) is -1.77. The maximum atomic E-state index is 11.2. The lowest BCUT2D eigenvalue weighted by Gasteiger charge is -2.27. The van der Waals surface area contributed by atoms with Gasteiger partial charge in [0, 0.05) is 18.9 Å². The molecule has 0 fully saturated rings. The van der Waals surface area contributed by atoms with Gasteiger partial charge in [0.25, 0.3) is 0 Å². The molecular formula is C12H21N3O4. The molecule has 7 nitrogen and oxygen atoms in total. The molecule has 0 bridgehead atoms. The third kappa shape index (κ3) is 4.44. The van der Waals surface area contributed by atoms with Crippen molar-refractivity contribution in [3.63, 3.8) is 0 Å². The van der Waals surface area contributed by atoms with Crippen LogP contribution in [0.5, 0.6) is 0 Å². The number of rotatable bonds is 8. The van der Waals surface area contributed by atoms with Gasteiger partial charge in [0.2, 0.25) is 0 Å². The second kappa shape index (κ2) is 6.98. The van der Waals surface area contributed by atoms with Crippen LogP contribution in [0.25, 0.3) is 0 Å². The molecule has 19 heavy (non-hydrogen) atoms. The van der Waals surface area contributed by atoms with E-state index < -0.39 is 24.0 Å². The van der Waals surface area contributed by atoms with E-state index in [2.05, 4.69) is 10.6 Å². The average Bonchev–Trinajstić information content (AvgIpc) is 2.85. The second-order valence-corrected chi connectivity index (χ2v) is 4.71. The zero-order chi connectivity index (χ0) is 14.4. The van der Waals surface area contributed by atoms with Crippen LogP contribution < -0.4 is 10.6 Å². The minimum Gasteiger partial charge on any atom is -0.480 e. The number of carboxylic acids is 2. The Labute approximate surface area is 112 Å². The Hall–Kier alpha value is -1.76. The minimum atomic E-state index is -1.05. The molecule has 1 aliphatic rings. The first kappa shape index (κ1) is 15.3. The highest BCUT2D eigenvalue weighted by atomic mass is 16.4. The molecule has 3 unspecified atom stereocenters. The van der Waals surface area contributed by atoms with Gasteiger partial charge in [0.05, 0.1) is 6.67 Å². The molecule has 0 aromatic carbocycles. The zero-order valence-electron chi connectivity index (χ0n) is 11.2. The summed E-state index contributed by atoms with van der Waals surface area (Å²) >= 11 is 0. The zero-order valence-corrected chi connectivity index (χ0v) is 11.2. The number of carbonyl (C=O) groups is 2. The Kier molecular flexibility index (Phi) is 5.62. The van der Waals surface area contributed by atoms with Crippen LogP contribution in [-0.2, 0) is 9.59 Å². The summed E-state index contributed by atoms with van der Waals surface area (Å²) in [5, 5.41) is 24.0. The largest absolute Gasteiger partial charge is 0.480 e. The molecule has 0 saturated heterocycles. The molecule has 108 valence electrons. The van der Waals surface area contributed by atoms with Crippen molar-refractivity contribution in [3.8, 4) is 0 Å². The molecule has 1 rings (SSSR count). The van der Waals surface area contributed by atoms with Crippen LogP contribution in [0, 0.1) is 5.92 Å². The van der Waals surface area contributed by atoms with Crippen LogP contribution in [0.4, 0.5) is 0 Å². The van der Waals surface area contributed by atoms with Crippen LogP contribution in [0.15, 0.2) is 12.4 Å². The smallest absolute Gasteiger partial charge is 0.322 e. The number of carboxylic acid groups (broad SMARTS) is 2. The lowest BCUT2D eigenvalue weighted by atomic mass is 9.98. The van der Waals surface area contributed by atoms with Gasteiger partial charge in [-0.25, -0.2) is 0 Å². The fourth-order valence-corrected chi connectivity index (χ4v) is 1.87. The fourth-order valence-electron chi connectivity index (χ4n) is 1.87. The van der Waals surface area contributed by atoms with Crippen LogP contribution in [0.2, 0.25) is 0 Å².